The second-order valence-corrected chi connectivity index (χ2v) is 7.59. The van der Waals surface area contributed by atoms with Gasteiger partial charge in [-0.3, -0.25) is 4.79 Å². The van der Waals surface area contributed by atoms with Crippen molar-refractivity contribution in [3.63, 3.8) is 0 Å². The standard InChI is InChI=1S/C25H31N5O/c1-4-30(5-2)24(31)22-15-14-20(18-19(22)3)10-9-13-23(21-11-7-6-8-12-21)28-25-26-16-17-27-29-25/h6-8,11-12,14-18,23H,4-5,9-10,13H2,1-3H3,(H,26,28,29). The third-order valence-corrected chi connectivity index (χ3v) is 5.52. The predicted octanol–water partition coefficient (Wildman–Crippen LogP) is 4.84. The Labute approximate surface area is 184 Å². The molecule has 0 radical (unpaired) electrons. The van der Waals surface area contributed by atoms with Gasteiger partial charge in [-0.2, -0.15) is 5.10 Å². The number of anilines is 1. The summed E-state index contributed by atoms with van der Waals surface area (Å²) in [5.74, 6) is 0.644. The highest BCUT2D eigenvalue weighted by atomic mass is 16.2. The molecule has 0 aliphatic carbocycles. The number of hydrogen-bond donors (Lipinski definition) is 1. The van der Waals surface area contributed by atoms with Crippen LogP contribution in [0.5, 0.6) is 0 Å². The lowest BCUT2D eigenvalue weighted by Crippen LogP contribution is -2.31. The van der Waals surface area contributed by atoms with Gasteiger partial charge in [0.15, 0.2) is 0 Å². The van der Waals surface area contributed by atoms with E-state index in [1.807, 2.05) is 49.9 Å². The molecule has 31 heavy (non-hydrogen) atoms. The molecule has 0 fully saturated rings. The molecule has 1 heterocycles. The number of rotatable bonds is 10. The molecule has 3 aromatic rings. The number of nitrogens with one attached hydrogen (secondary N) is 1. The summed E-state index contributed by atoms with van der Waals surface area (Å²) in [5, 5.41) is 11.4. The van der Waals surface area contributed by atoms with Crippen LogP contribution >= 0.6 is 0 Å². The molecule has 1 unspecified atom stereocenters. The van der Waals surface area contributed by atoms with E-state index < -0.39 is 0 Å². The van der Waals surface area contributed by atoms with Crippen molar-refractivity contribution >= 4 is 11.9 Å². The average molecular weight is 418 g/mol. The van der Waals surface area contributed by atoms with E-state index in [0.717, 1.165) is 43.5 Å². The Morgan fingerprint density at radius 2 is 1.84 bits per heavy atom. The van der Waals surface area contributed by atoms with E-state index in [0.29, 0.717) is 5.95 Å². The third kappa shape index (κ3) is 6.10. The van der Waals surface area contributed by atoms with Gasteiger partial charge in [0.2, 0.25) is 5.95 Å². The maximum atomic E-state index is 12.7. The van der Waals surface area contributed by atoms with Gasteiger partial charge in [0.1, 0.15) is 0 Å². The van der Waals surface area contributed by atoms with E-state index in [4.69, 9.17) is 0 Å². The first-order valence-electron chi connectivity index (χ1n) is 11.0. The highest BCUT2D eigenvalue weighted by Crippen LogP contribution is 2.24. The quantitative estimate of drug-likeness (QED) is 0.511. The number of hydrogen-bond acceptors (Lipinski definition) is 5. The number of aryl methyl sites for hydroxylation is 2. The fourth-order valence-corrected chi connectivity index (χ4v) is 3.79. The van der Waals surface area contributed by atoms with Gasteiger partial charge < -0.3 is 10.2 Å². The predicted molar refractivity (Wildman–Crippen MR) is 124 cm³/mol. The van der Waals surface area contributed by atoms with E-state index in [2.05, 4.69) is 44.8 Å². The van der Waals surface area contributed by atoms with Gasteiger partial charge >= 0.3 is 0 Å². The van der Waals surface area contributed by atoms with Gasteiger partial charge in [-0.25, -0.2) is 4.98 Å². The Morgan fingerprint density at radius 3 is 2.48 bits per heavy atom. The van der Waals surface area contributed by atoms with Crippen LogP contribution in [0.2, 0.25) is 0 Å². The Hall–Kier alpha value is -3.28. The maximum Gasteiger partial charge on any atom is 0.254 e. The number of benzene rings is 2. The van der Waals surface area contributed by atoms with Crippen LogP contribution in [0.1, 0.15) is 59.8 Å². The molecular weight excluding hydrogens is 386 g/mol. The molecule has 6 nitrogen and oxygen atoms in total. The van der Waals surface area contributed by atoms with Crippen molar-refractivity contribution in [2.75, 3.05) is 18.4 Å². The van der Waals surface area contributed by atoms with Crippen molar-refractivity contribution < 1.29 is 4.79 Å². The highest BCUT2D eigenvalue weighted by Gasteiger charge is 2.16. The first-order valence-corrected chi connectivity index (χ1v) is 11.0. The molecule has 6 heteroatoms. The van der Waals surface area contributed by atoms with Crippen LogP contribution in [0.25, 0.3) is 0 Å². The third-order valence-electron chi connectivity index (χ3n) is 5.52. The van der Waals surface area contributed by atoms with Crippen molar-refractivity contribution in [1.82, 2.24) is 20.1 Å². The minimum absolute atomic E-state index is 0.106. The molecule has 3 rings (SSSR count). The van der Waals surface area contributed by atoms with Crippen LogP contribution in [-0.2, 0) is 6.42 Å². The first-order chi connectivity index (χ1) is 15.1. The van der Waals surface area contributed by atoms with Crippen molar-refractivity contribution in [1.29, 1.82) is 0 Å². The largest absolute Gasteiger partial charge is 0.346 e. The normalized spacial score (nSPS) is 11.7. The van der Waals surface area contributed by atoms with E-state index in [1.165, 1.54) is 11.1 Å². The van der Waals surface area contributed by atoms with Gasteiger partial charge in [-0.1, -0.05) is 42.5 Å². The lowest BCUT2D eigenvalue weighted by atomic mass is 9.97. The summed E-state index contributed by atoms with van der Waals surface area (Å²) in [7, 11) is 0. The molecule has 1 amide bonds. The molecule has 0 bridgehead atoms. The topological polar surface area (TPSA) is 71.0 Å². The van der Waals surface area contributed by atoms with E-state index in [1.54, 1.807) is 12.4 Å². The number of nitrogens with zero attached hydrogens (tertiary/aromatic N) is 4. The van der Waals surface area contributed by atoms with Gasteiger partial charge in [0, 0.05) is 18.7 Å². The van der Waals surface area contributed by atoms with Crippen LogP contribution in [0.3, 0.4) is 0 Å². The second kappa shape index (κ2) is 11.2. The van der Waals surface area contributed by atoms with Gasteiger partial charge in [0.25, 0.3) is 5.91 Å². The molecule has 1 atom stereocenters. The molecule has 162 valence electrons. The summed E-state index contributed by atoms with van der Waals surface area (Å²) in [6, 6.07) is 16.6. The van der Waals surface area contributed by atoms with Crippen molar-refractivity contribution in [2.45, 2.75) is 46.1 Å². The van der Waals surface area contributed by atoms with Crippen LogP contribution in [0.4, 0.5) is 5.95 Å². The van der Waals surface area contributed by atoms with Crippen molar-refractivity contribution in [3.05, 3.63) is 83.2 Å². The molecule has 1 N–H and O–H groups in total. The van der Waals surface area contributed by atoms with Crippen LogP contribution in [-0.4, -0.2) is 39.1 Å². The maximum absolute atomic E-state index is 12.7. The number of carbonyl (C=O) groups excluding carboxylic acids is 1. The zero-order chi connectivity index (χ0) is 22.1. The smallest absolute Gasteiger partial charge is 0.254 e. The summed E-state index contributed by atoms with van der Waals surface area (Å²) in [5.41, 5.74) is 4.28. The minimum atomic E-state index is 0.106. The summed E-state index contributed by atoms with van der Waals surface area (Å²) in [6.45, 7) is 7.50. The van der Waals surface area contributed by atoms with E-state index in [-0.39, 0.29) is 11.9 Å². The molecule has 0 saturated carbocycles. The van der Waals surface area contributed by atoms with Crippen molar-refractivity contribution in [3.8, 4) is 0 Å². The van der Waals surface area contributed by atoms with E-state index >= 15 is 0 Å². The molecule has 0 saturated heterocycles. The average Bonchev–Trinajstić information content (AvgIpc) is 2.80. The Bertz CT molecular complexity index is 958. The van der Waals surface area contributed by atoms with Gasteiger partial charge in [-0.15, -0.1) is 5.10 Å². The molecule has 0 aliphatic heterocycles. The Balaban J connectivity index is 1.65. The summed E-state index contributed by atoms with van der Waals surface area (Å²) in [4.78, 5) is 18.8. The molecular formula is C25H31N5O. The Morgan fingerprint density at radius 1 is 1.06 bits per heavy atom. The van der Waals surface area contributed by atoms with Gasteiger partial charge in [-0.05, 0) is 62.8 Å². The highest BCUT2D eigenvalue weighted by molar-refractivity contribution is 5.95. The fraction of sp³-hybridized carbons (Fsp3) is 0.360. The molecule has 0 spiro atoms. The number of aromatic nitrogens is 3. The van der Waals surface area contributed by atoms with Crippen LogP contribution < -0.4 is 5.32 Å². The van der Waals surface area contributed by atoms with Crippen molar-refractivity contribution in [2.24, 2.45) is 0 Å². The molecule has 0 aliphatic rings. The number of amides is 1. The molecule has 1 aromatic heterocycles. The number of carbonyl (C=O) groups is 1. The van der Waals surface area contributed by atoms with Crippen LogP contribution in [0, 0.1) is 6.92 Å². The zero-order valence-electron chi connectivity index (χ0n) is 18.6. The SMILES string of the molecule is CCN(CC)C(=O)c1ccc(CCCC(Nc2nccnn2)c2ccccc2)cc1C. The monoisotopic (exact) mass is 417 g/mol. The fourth-order valence-electron chi connectivity index (χ4n) is 3.79. The Kier molecular flexibility index (Phi) is 8.10. The lowest BCUT2D eigenvalue weighted by Gasteiger charge is -2.20. The second-order valence-electron chi connectivity index (χ2n) is 7.59. The summed E-state index contributed by atoms with van der Waals surface area (Å²) >= 11 is 0. The minimum Gasteiger partial charge on any atom is -0.346 e. The van der Waals surface area contributed by atoms with Crippen LogP contribution in [0.15, 0.2) is 60.9 Å². The van der Waals surface area contributed by atoms with E-state index in [9.17, 15) is 4.79 Å². The van der Waals surface area contributed by atoms with Gasteiger partial charge in [0.05, 0.1) is 18.4 Å². The summed E-state index contributed by atoms with van der Waals surface area (Å²) < 4.78 is 0. The first kappa shape index (κ1) is 22.4. The molecule has 2 aromatic carbocycles. The lowest BCUT2D eigenvalue weighted by molar-refractivity contribution is 0.0772. The summed E-state index contributed by atoms with van der Waals surface area (Å²) in [6.07, 6.45) is 6.08. The zero-order valence-corrected chi connectivity index (χ0v) is 18.6.